The number of nitrogens with zero attached hydrogens (tertiary/aromatic N) is 1. The maximum absolute atomic E-state index is 12.6. The fourth-order valence-electron chi connectivity index (χ4n) is 2.92. The summed E-state index contributed by atoms with van der Waals surface area (Å²) < 4.78 is 1.90. The number of carbonyl (C=O) groups is 1. The number of aromatic nitrogens is 1. The number of carboxylic acids is 1. The zero-order valence-electron chi connectivity index (χ0n) is 12.3. The Morgan fingerprint density at radius 3 is 2.70 bits per heavy atom. The van der Waals surface area contributed by atoms with Gasteiger partial charge in [-0.25, -0.2) is 0 Å². The van der Waals surface area contributed by atoms with E-state index in [1.54, 1.807) is 0 Å². The molecule has 0 fully saturated rings. The Balaban J connectivity index is 2.43. The molecular formula is C16H23NO3. The van der Waals surface area contributed by atoms with E-state index < -0.39 is 5.97 Å². The van der Waals surface area contributed by atoms with Crippen molar-refractivity contribution in [3.8, 4) is 0 Å². The minimum Gasteiger partial charge on any atom is -0.481 e. The third-order valence-electron chi connectivity index (χ3n) is 3.83. The lowest BCUT2D eigenvalue weighted by Crippen LogP contribution is -2.31. The van der Waals surface area contributed by atoms with Gasteiger partial charge in [-0.2, -0.15) is 0 Å². The molecule has 0 saturated heterocycles. The maximum Gasteiger partial charge on any atom is 0.303 e. The fourth-order valence-corrected chi connectivity index (χ4v) is 2.92. The molecule has 1 N–H and O–H groups in total. The quantitative estimate of drug-likeness (QED) is 0.899. The Bertz CT molecular complexity index is 558. The van der Waals surface area contributed by atoms with Gasteiger partial charge in [-0.15, -0.1) is 0 Å². The monoisotopic (exact) mass is 277 g/mol. The average Bonchev–Trinajstić information content (AvgIpc) is 2.39. The molecule has 0 bridgehead atoms. The predicted octanol–water partition coefficient (Wildman–Crippen LogP) is 2.40. The highest BCUT2D eigenvalue weighted by atomic mass is 16.4. The van der Waals surface area contributed by atoms with E-state index in [2.05, 4.69) is 13.8 Å². The zero-order valence-corrected chi connectivity index (χ0v) is 12.3. The summed E-state index contributed by atoms with van der Waals surface area (Å²) in [4.78, 5) is 23.3. The van der Waals surface area contributed by atoms with Crippen LogP contribution in [0, 0.1) is 5.92 Å². The van der Waals surface area contributed by atoms with Gasteiger partial charge in [-0.1, -0.05) is 13.8 Å². The number of rotatable bonds is 5. The molecule has 0 aliphatic heterocycles. The van der Waals surface area contributed by atoms with Crippen LogP contribution >= 0.6 is 0 Å². The topological polar surface area (TPSA) is 59.3 Å². The van der Waals surface area contributed by atoms with E-state index in [-0.39, 0.29) is 12.0 Å². The second-order valence-electron chi connectivity index (χ2n) is 6.05. The van der Waals surface area contributed by atoms with Crippen LogP contribution in [0.2, 0.25) is 0 Å². The molecule has 1 aliphatic rings. The highest BCUT2D eigenvalue weighted by Crippen LogP contribution is 2.22. The summed E-state index contributed by atoms with van der Waals surface area (Å²) in [5.74, 6) is -0.439. The van der Waals surface area contributed by atoms with Gasteiger partial charge in [0.15, 0.2) is 0 Å². The van der Waals surface area contributed by atoms with Crippen molar-refractivity contribution >= 4 is 5.97 Å². The molecule has 2 rings (SSSR count). The number of aliphatic carboxylic acids is 1. The summed E-state index contributed by atoms with van der Waals surface area (Å²) in [6.45, 7) is 4.93. The van der Waals surface area contributed by atoms with E-state index >= 15 is 0 Å². The van der Waals surface area contributed by atoms with E-state index in [1.807, 2.05) is 10.6 Å². The summed E-state index contributed by atoms with van der Waals surface area (Å²) in [6.07, 6.45) is 4.63. The van der Waals surface area contributed by atoms with Crippen LogP contribution in [0.3, 0.4) is 0 Å². The number of fused-ring (bicyclic) bond motifs is 1. The molecule has 110 valence electrons. The SMILES string of the molecule is CC(C)Cn1c2c(cc(CCC(=O)O)c1=O)CCCC2. The number of carboxylic acid groups (broad SMARTS) is 1. The predicted molar refractivity (Wildman–Crippen MR) is 78.1 cm³/mol. The molecule has 20 heavy (non-hydrogen) atoms. The van der Waals surface area contributed by atoms with Crippen molar-refractivity contribution < 1.29 is 9.90 Å². The lowest BCUT2D eigenvalue weighted by atomic mass is 9.93. The Labute approximate surface area is 119 Å². The second-order valence-corrected chi connectivity index (χ2v) is 6.05. The summed E-state index contributed by atoms with van der Waals surface area (Å²) >= 11 is 0. The number of hydrogen-bond acceptors (Lipinski definition) is 2. The third-order valence-corrected chi connectivity index (χ3v) is 3.83. The van der Waals surface area contributed by atoms with E-state index in [9.17, 15) is 9.59 Å². The Morgan fingerprint density at radius 1 is 1.35 bits per heavy atom. The van der Waals surface area contributed by atoms with Crippen LogP contribution in [0.1, 0.15) is 49.9 Å². The molecule has 0 unspecified atom stereocenters. The minimum absolute atomic E-state index is 0.0144. The first kappa shape index (κ1) is 14.8. The summed E-state index contributed by atoms with van der Waals surface area (Å²) in [7, 11) is 0. The van der Waals surface area contributed by atoms with Gasteiger partial charge in [-0.05, 0) is 49.7 Å². The van der Waals surface area contributed by atoms with Crippen LogP contribution in [-0.4, -0.2) is 15.6 Å². The van der Waals surface area contributed by atoms with Crippen molar-refractivity contribution in [3.63, 3.8) is 0 Å². The van der Waals surface area contributed by atoms with Crippen LogP contribution < -0.4 is 5.56 Å². The highest BCUT2D eigenvalue weighted by Gasteiger charge is 2.18. The molecule has 0 spiro atoms. The zero-order chi connectivity index (χ0) is 14.7. The lowest BCUT2D eigenvalue weighted by Gasteiger charge is -2.23. The third kappa shape index (κ3) is 3.30. The van der Waals surface area contributed by atoms with Gasteiger partial charge in [0.05, 0.1) is 0 Å². The fraction of sp³-hybridized carbons (Fsp3) is 0.625. The molecule has 1 aromatic rings. The maximum atomic E-state index is 12.6. The van der Waals surface area contributed by atoms with Crippen LogP contribution in [-0.2, 0) is 30.6 Å². The lowest BCUT2D eigenvalue weighted by molar-refractivity contribution is -0.136. The molecular weight excluding hydrogens is 254 g/mol. The summed E-state index contributed by atoms with van der Waals surface area (Å²) in [5, 5.41) is 8.81. The molecule has 4 nitrogen and oxygen atoms in total. The van der Waals surface area contributed by atoms with Gasteiger partial charge >= 0.3 is 5.97 Å². The first-order valence-electron chi connectivity index (χ1n) is 7.45. The standard InChI is InChI=1S/C16H23NO3/c1-11(2)10-17-14-6-4-3-5-12(14)9-13(16(17)20)7-8-15(18)19/h9,11H,3-8,10H2,1-2H3,(H,18,19). The van der Waals surface area contributed by atoms with Crippen molar-refractivity contribution in [1.29, 1.82) is 0 Å². The first-order chi connectivity index (χ1) is 9.49. The van der Waals surface area contributed by atoms with Crippen molar-refractivity contribution in [2.75, 3.05) is 0 Å². The normalized spacial score (nSPS) is 14.3. The highest BCUT2D eigenvalue weighted by molar-refractivity contribution is 5.67. The van der Waals surface area contributed by atoms with Gasteiger partial charge < -0.3 is 9.67 Å². The van der Waals surface area contributed by atoms with E-state index in [0.717, 1.165) is 32.2 Å². The number of aryl methyl sites for hydroxylation is 2. The molecule has 1 heterocycles. The van der Waals surface area contributed by atoms with Gasteiger partial charge in [0.25, 0.3) is 5.56 Å². The molecule has 1 aromatic heterocycles. The second kappa shape index (κ2) is 6.25. The smallest absolute Gasteiger partial charge is 0.303 e. The molecule has 0 amide bonds. The van der Waals surface area contributed by atoms with Gasteiger partial charge in [0, 0.05) is 24.2 Å². The van der Waals surface area contributed by atoms with Crippen molar-refractivity contribution in [2.45, 2.75) is 58.9 Å². The van der Waals surface area contributed by atoms with Crippen LogP contribution in [0.25, 0.3) is 0 Å². The van der Waals surface area contributed by atoms with Gasteiger partial charge in [-0.3, -0.25) is 9.59 Å². The average molecular weight is 277 g/mol. The number of pyridine rings is 1. The Hall–Kier alpha value is -1.58. The van der Waals surface area contributed by atoms with E-state index in [1.165, 1.54) is 11.3 Å². The van der Waals surface area contributed by atoms with Crippen molar-refractivity contribution in [3.05, 3.63) is 33.2 Å². The molecule has 0 radical (unpaired) electrons. The van der Waals surface area contributed by atoms with Crippen LogP contribution in [0.5, 0.6) is 0 Å². The minimum atomic E-state index is -0.850. The first-order valence-corrected chi connectivity index (χ1v) is 7.45. The summed E-state index contributed by atoms with van der Waals surface area (Å²) in [6, 6.07) is 1.95. The summed E-state index contributed by atoms with van der Waals surface area (Å²) in [5.41, 5.74) is 3.10. The molecule has 0 aromatic carbocycles. The Kier molecular flexibility index (Phi) is 4.63. The molecule has 1 aliphatic carbocycles. The molecule has 4 heteroatoms. The van der Waals surface area contributed by atoms with Crippen LogP contribution in [0.15, 0.2) is 10.9 Å². The van der Waals surface area contributed by atoms with Crippen molar-refractivity contribution in [1.82, 2.24) is 4.57 Å². The van der Waals surface area contributed by atoms with Gasteiger partial charge in [0.2, 0.25) is 0 Å². The molecule has 0 atom stereocenters. The van der Waals surface area contributed by atoms with E-state index in [0.29, 0.717) is 17.9 Å². The van der Waals surface area contributed by atoms with Gasteiger partial charge in [0.1, 0.15) is 0 Å². The number of hydrogen-bond donors (Lipinski definition) is 1. The van der Waals surface area contributed by atoms with Crippen LogP contribution in [0.4, 0.5) is 0 Å². The largest absolute Gasteiger partial charge is 0.481 e. The van der Waals surface area contributed by atoms with Crippen molar-refractivity contribution in [2.24, 2.45) is 5.92 Å². The van der Waals surface area contributed by atoms with E-state index in [4.69, 9.17) is 5.11 Å². The molecule has 0 saturated carbocycles. The Morgan fingerprint density at radius 2 is 2.05 bits per heavy atom.